The summed E-state index contributed by atoms with van der Waals surface area (Å²) < 4.78 is 19.7. The average Bonchev–Trinajstić information content (AvgIpc) is 3.25. The van der Waals surface area contributed by atoms with Crippen LogP contribution in [0.15, 0.2) is 18.3 Å². The van der Waals surface area contributed by atoms with E-state index in [1.807, 2.05) is 6.07 Å². The van der Waals surface area contributed by atoms with Gasteiger partial charge in [0.15, 0.2) is 5.79 Å². The molecule has 0 N–H and O–H groups in total. The molecule has 0 radical (unpaired) electrons. The molecule has 6 nitrogen and oxygen atoms in total. The molecule has 6 heteroatoms. The van der Waals surface area contributed by atoms with Crippen molar-refractivity contribution in [1.82, 2.24) is 9.78 Å². The summed E-state index contributed by atoms with van der Waals surface area (Å²) in [5.41, 5.74) is 2.13. The van der Waals surface area contributed by atoms with Gasteiger partial charge in [0.25, 0.3) is 0 Å². The Morgan fingerprint density at radius 3 is 2.81 bits per heavy atom. The number of hydrogen-bond acceptors (Lipinski definition) is 5. The molecule has 144 valence electrons. The number of carbonyl (C=O) groups is 1. The van der Waals surface area contributed by atoms with Crippen molar-refractivity contribution in [2.24, 2.45) is 5.92 Å². The second kappa shape index (κ2) is 6.04. The fourth-order valence-corrected chi connectivity index (χ4v) is 5.56. The third kappa shape index (κ3) is 2.46. The van der Waals surface area contributed by atoms with Crippen molar-refractivity contribution in [3.8, 4) is 5.75 Å². The minimum Gasteiger partial charge on any atom is -0.493 e. The quantitative estimate of drug-likeness (QED) is 0.766. The molecule has 3 aliphatic rings. The molecule has 1 saturated heterocycles. The lowest BCUT2D eigenvalue weighted by Crippen LogP contribution is -2.48. The van der Waals surface area contributed by atoms with E-state index in [4.69, 9.17) is 14.2 Å². The summed E-state index contributed by atoms with van der Waals surface area (Å²) in [5, 5.41) is 5.27. The summed E-state index contributed by atoms with van der Waals surface area (Å²) in [6, 6.07) is 4.21. The molecule has 1 aliphatic carbocycles. The fourth-order valence-electron chi connectivity index (χ4n) is 5.56. The third-order valence-corrected chi connectivity index (χ3v) is 6.96. The van der Waals surface area contributed by atoms with E-state index in [0.717, 1.165) is 48.8 Å². The van der Waals surface area contributed by atoms with Gasteiger partial charge in [0.1, 0.15) is 5.75 Å². The number of ether oxygens (including phenoxy) is 3. The molecule has 2 aromatic rings. The molecule has 2 atom stereocenters. The maximum Gasteiger partial charge on any atom is 0.244 e. The standard InChI is InChI=1S/C21H26N2O4/c1-3-20-5-6-21(26-8-9-27-21)12-16(20)4-7-25-19-11-18-15(10-17(19)20)13-22-23(18)14(2)24/h10-11,13,16H,3-9,12H2,1-2H3. The number of carbonyl (C=O) groups excluding carboxylic acids is 1. The molecule has 1 aromatic carbocycles. The van der Waals surface area contributed by atoms with Gasteiger partial charge < -0.3 is 14.2 Å². The van der Waals surface area contributed by atoms with Gasteiger partial charge in [0.05, 0.1) is 31.5 Å². The molecule has 3 heterocycles. The molecule has 2 aliphatic heterocycles. The fraction of sp³-hybridized carbons (Fsp3) is 0.619. The van der Waals surface area contributed by atoms with Crippen LogP contribution in [-0.2, 0) is 14.9 Å². The first-order valence-electron chi connectivity index (χ1n) is 10.0. The summed E-state index contributed by atoms with van der Waals surface area (Å²) in [7, 11) is 0. The predicted octanol–water partition coefficient (Wildman–Crippen LogP) is 3.67. The highest BCUT2D eigenvalue weighted by Gasteiger charge is 2.53. The van der Waals surface area contributed by atoms with Crippen LogP contribution in [0.25, 0.3) is 10.9 Å². The van der Waals surface area contributed by atoms with Gasteiger partial charge in [0.2, 0.25) is 5.91 Å². The number of benzene rings is 1. The van der Waals surface area contributed by atoms with E-state index in [0.29, 0.717) is 25.7 Å². The number of rotatable bonds is 1. The third-order valence-electron chi connectivity index (χ3n) is 6.96. The Morgan fingerprint density at radius 2 is 2.07 bits per heavy atom. The summed E-state index contributed by atoms with van der Waals surface area (Å²) in [6.45, 7) is 5.88. The highest BCUT2D eigenvalue weighted by molar-refractivity contribution is 5.91. The Labute approximate surface area is 158 Å². The summed E-state index contributed by atoms with van der Waals surface area (Å²) >= 11 is 0. The molecule has 27 heavy (non-hydrogen) atoms. The van der Waals surface area contributed by atoms with E-state index in [2.05, 4.69) is 18.1 Å². The number of nitrogens with zero attached hydrogens (tertiary/aromatic N) is 2. The first-order valence-corrected chi connectivity index (χ1v) is 10.0. The molecule has 2 fully saturated rings. The van der Waals surface area contributed by atoms with E-state index in [1.54, 1.807) is 6.20 Å². The number of hydrogen-bond donors (Lipinski definition) is 0. The molecular formula is C21H26N2O4. The lowest BCUT2D eigenvalue weighted by molar-refractivity contribution is -0.199. The largest absolute Gasteiger partial charge is 0.493 e. The van der Waals surface area contributed by atoms with Gasteiger partial charge >= 0.3 is 0 Å². The van der Waals surface area contributed by atoms with Crippen molar-refractivity contribution in [2.75, 3.05) is 19.8 Å². The van der Waals surface area contributed by atoms with Gasteiger partial charge in [-0.3, -0.25) is 4.79 Å². The van der Waals surface area contributed by atoms with Crippen LogP contribution in [0.1, 0.15) is 56.3 Å². The van der Waals surface area contributed by atoms with Crippen LogP contribution in [0, 0.1) is 5.92 Å². The normalized spacial score (nSPS) is 29.2. The average molecular weight is 370 g/mol. The summed E-state index contributed by atoms with van der Waals surface area (Å²) in [4.78, 5) is 11.9. The lowest BCUT2D eigenvalue weighted by Gasteiger charge is -2.49. The molecular weight excluding hydrogens is 344 g/mol. The Hall–Kier alpha value is -1.92. The van der Waals surface area contributed by atoms with E-state index in [-0.39, 0.29) is 11.3 Å². The van der Waals surface area contributed by atoms with Crippen molar-refractivity contribution in [2.45, 2.75) is 57.2 Å². The van der Waals surface area contributed by atoms with Crippen LogP contribution in [0.4, 0.5) is 0 Å². The maximum absolute atomic E-state index is 11.9. The van der Waals surface area contributed by atoms with Crippen LogP contribution in [-0.4, -0.2) is 41.3 Å². The van der Waals surface area contributed by atoms with Gasteiger partial charge in [-0.2, -0.15) is 5.10 Å². The highest BCUT2D eigenvalue weighted by atomic mass is 16.7. The molecule has 1 spiro atoms. The molecule has 5 rings (SSSR count). The Bertz CT molecular complexity index is 899. The van der Waals surface area contributed by atoms with Crippen molar-refractivity contribution in [3.05, 3.63) is 23.9 Å². The maximum atomic E-state index is 11.9. The first kappa shape index (κ1) is 17.2. The van der Waals surface area contributed by atoms with Crippen molar-refractivity contribution in [1.29, 1.82) is 0 Å². The van der Waals surface area contributed by atoms with Crippen molar-refractivity contribution >= 4 is 16.8 Å². The number of fused-ring (bicyclic) bond motifs is 4. The monoisotopic (exact) mass is 370 g/mol. The van der Waals surface area contributed by atoms with Crippen LogP contribution >= 0.6 is 0 Å². The Kier molecular flexibility index (Phi) is 3.85. The van der Waals surface area contributed by atoms with Crippen molar-refractivity contribution in [3.63, 3.8) is 0 Å². The predicted molar refractivity (Wildman–Crippen MR) is 100 cm³/mol. The first-order chi connectivity index (χ1) is 13.1. The highest BCUT2D eigenvalue weighted by Crippen LogP contribution is 2.56. The van der Waals surface area contributed by atoms with Gasteiger partial charge in [-0.25, -0.2) is 4.68 Å². The van der Waals surface area contributed by atoms with Crippen LogP contribution in [0.2, 0.25) is 0 Å². The molecule has 2 unspecified atom stereocenters. The molecule has 1 saturated carbocycles. The molecule has 0 amide bonds. The summed E-state index contributed by atoms with van der Waals surface area (Å²) in [6.07, 6.45) is 6.70. The van der Waals surface area contributed by atoms with Gasteiger partial charge in [-0.15, -0.1) is 0 Å². The molecule has 1 aromatic heterocycles. The zero-order valence-electron chi connectivity index (χ0n) is 16.0. The van der Waals surface area contributed by atoms with Crippen LogP contribution in [0.5, 0.6) is 5.75 Å². The van der Waals surface area contributed by atoms with E-state index >= 15 is 0 Å². The smallest absolute Gasteiger partial charge is 0.244 e. The van der Waals surface area contributed by atoms with Gasteiger partial charge in [-0.1, -0.05) is 6.92 Å². The van der Waals surface area contributed by atoms with Crippen LogP contribution in [0.3, 0.4) is 0 Å². The zero-order chi connectivity index (χ0) is 18.6. The SMILES string of the molecule is CCC12CCC3(CC1CCOc1cc4c(cnn4C(C)=O)cc12)OCCO3. The van der Waals surface area contributed by atoms with E-state index in [1.165, 1.54) is 17.2 Å². The Morgan fingerprint density at radius 1 is 1.26 bits per heavy atom. The second-order valence-electron chi connectivity index (χ2n) is 8.14. The van der Waals surface area contributed by atoms with Crippen LogP contribution < -0.4 is 4.74 Å². The zero-order valence-corrected chi connectivity index (χ0v) is 16.0. The summed E-state index contributed by atoms with van der Waals surface area (Å²) in [5.74, 6) is 0.879. The van der Waals surface area contributed by atoms with E-state index in [9.17, 15) is 4.79 Å². The minimum atomic E-state index is -0.391. The van der Waals surface area contributed by atoms with Crippen molar-refractivity contribution < 1.29 is 19.0 Å². The van der Waals surface area contributed by atoms with Gasteiger partial charge in [-0.05, 0) is 31.2 Å². The second-order valence-corrected chi connectivity index (χ2v) is 8.14. The Balaban J connectivity index is 1.63. The number of aromatic nitrogens is 2. The molecule has 0 bridgehead atoms. The van der Waals surface area contributed by atoms with E-state index < -0.39 is 5.79 Å². The minimum absolute atomic E-state index is 0.0545. The van der Waals surface area contributed by atoms with Gasteiger partial charge in [0, 0.05) is 42.2 Å². The topological polar surface area (TPSA) is 62.6 Å². The lowest BCUT2D eigenvalue weighted by atomic mass is 9.59.